The third-order valence-electron chi connectivity index (χ3n) is 5.11. The van der Waals surface area contributed by atoms with Crippen LogP contribution in [0.3, 0.4) is 0 Å². The van der Waals surface area contributed by atoms with Crippen molar-refractivity contribution < 1.29 is 17.6 Å². The van der Waals surface area contributed by atoms with E-state index >= 15 is 0 Å². The molecule has 0 bridgehead atoms. The standard InChI is InChI=1S/C20H26BrN3O4S/c1-23(2)29(26,27)19-13-15(8-9-16(19)21)20(25)22-14-17(18-7-6-12-28-18)24-10-4-3-5-11-24/h6-9,12-13,17H,3-5,10-11,14H2,1-2H3,(H,22,25). The zero-order valence-corrected chi connectivity index (χ0v) is 19.0. The van der Waals surface area contributed by atoms with Crippen LogP contribution in [-0.2, 0) is 10.0 Å². The molecule has 1 aliphatic heterocycles. The number of hydrogen-bond donors (Lipinski definition) is 1. The SMILES string of the molecule is CN(C)S(=O)(=O)c1cc(C(=O)NCC(c2ccco2)N2CCCCC2)ccc1Br. The van der Waals surface area contributed by atoms with Crippen LogP contribution < -0.4 is 5.32 Å². The summed E-state index contributed by atoms with van der Waals surface area (Å²) in [6.45, 7) is 2.31. The van der Waals surface area contributed by atoms with Crippen LogP contribution in [0.2, 0.25) is 0 Å². The van der Waals surface area contributed by atoms with Crippen LogP contribution in [0, 0.1) is 0 Å². The van der Waals surface area contributed by atoms with Crippen molar-refractivity contribution in [2.24, 2.45) is 0 Å². The molecule has 2 heterocycles. The van der Waals surface area contributed by atoms with E-state index in [1.54, 1.807) is 18.4 Å². The molecular formula is C20H26BrN3O4S. The summed E-state index contributed by atoms with van der Waals surface area (Å²) < 4.78 is 32.2. The normalized spacial score (nSPS) is 16.7. The highest BCUT2D eigenvalue weighted by Crippen LogP contribution is 2.26. The summed E-state index contributed by atoms with van der Waals surface area (Å²) in [4.78, 5) is 15.2. The molecule has 1 aliphatic rings. The number of amides is 1. The summed E-state index contributed by atoms with van der Waals surface area (Å²) in [7, 11) is -0.745. The molecule has 0 aliphatic carbocycles. The van der Waals surface area contributed by atoms with E-state index in [4.69, 9.17) is 4.42 Å². The number of hydrogen-bond acceptors (Lipinski definition) is 5. The van der Waals surface area contributed by atoms with Gasteiger partial charge in [-0.1, -0.05) is 6.42 Å². The molecule has 1 unspecified atom stereocenters. The van der Waals surface area contributed by atoms with E-state index in [9.17, 15) is 13.2 Å². The van der Waals surface area contributed by atoms with Crippen LogP contribution in [0.25, 0.3) is 0 Å². The first-order chi connectivity index (χ1) is 13.8. The Morgan fingerprint density at radius 2 is 1.97 bits per heavy atom. The first-order valence-corrected chi connectivity index (χ1v) is 11.8. The van der Waals surface area contributed by atoms with Gasteiger partial charge in [-0.15, -0.1) is 0 Å². The lowest BCUT2D eigenvalue weighted by Crippen LogP contribution is -2.40. The van der Waals surface area contributed by atoms with Crippen LogP contribution in [0.4, 0.5) is 0 Å². The fraction of sp³-hybridized carbons (Fsp3) is 0.450. The fourth-order valence-corrected chi connectivity index (χ4v) is 5.30. The highest BCUT2D eigenvalue weighted by molar-refractivity contribution is 9.10. The summed E-state index contributed by atoms with van der Waals surface area (Å²) in [5, 5.41) is 2.95. The maximum Gasteiger partial charge on any atom is 0.251 e. The lowest BCUT2D eigenvalue weighted by molar-refractivity contribution is 0.0914. The first-order valence-electron chi connectivity index (χ1n) is 9.58. The van der Waals surface area contributed by atoms with Gasteiger partial charge < -0.3 is 9.73 Å². The minimum atomic E-state index is -3.66. The van der Waals surface area contributed by atoms with Gasteiger partial charge in [-0.25, -0.2) is 12.7 Å². The molecule has 29 heavy (non-hydrogen) atoms. The van der Waals surface area contributed by atoms with E-state index in [0.717, 1.165) is 36.0 Å². The molecule has 1 aromatic heterocycles. The van der Waals surface area contributed by atoms with E-state index in [0.29, 0.717) is 16.6 Å². The van der Waals surface area contributed by atoms with Gasteiger partial charge in [-0.05, 0) is 72.2 Å². The molecule has 0 saturated carbocycles. The molecule has 1 fully saturated rings. The van der Waals surface area contributed by atoms with Crippen LogP contribution in [0.15, 0.2) is 50.4 Å². The van der Waals surface area contributed by atoms with E-state index in [1.807, 2.05) is 12.1 Å². The van der Waals surface area contributed by atoms with Gasteiger partial charge in [0.25, 0.3) is 5.91 Å². The fourth-order valence-electron chi connectivity index (χ4n) is 3.45. The van der Waals surface area contributed by atoms with Crippen molar-refractivity contribution >= 4 is 31.9 Å². The molecule has 1 aromatic carbocycles. The third-order valence-corrected chi connectivity index (χ3v) is 7.92. The largest absolute Gasteiger partial charge is 0.468 e. The molecule has 7 nitrogen and oxygen atoms in total. The van der Waals surface area contributed by atoms with Gasteiger partial charge in [0.15, 0.2) is 0 Å². The zero-order valence-electron chi connectivity index (χ0n) is 16.6. The van der Waals surface area contributed by atoms with E-state index in [-0.39, 0.29) is 16.8 Å². The van der Waals surface area contributed by atoms with Crippen molar-refractivity contribution in [1.29, 1.82) is 0 Å². The Balaban J connectivity index is 1.77. The van der Waals surface area contributed by atoms with Crippen molar-refractivity contribution in [3.63, 3.8) is 0 Å². The Bertz CT molecular complexity index is 939. The Hall–Kier alpha value is -1.68. The number of rotatable bonds is 7. The van der Waals surface area contributed by atoms with Gasteiger partial charge in [0.05, 0.1) is 17.2 Å². The van der Waals surface area contributed by atoms with Gasteiger partial charge in [0.2, 0.25) is 10.0 Å². The molecule has 3 rings (SSSR count). The first kappa shape index (κ1) is 22.0. The lowest BCUT2D eigenvalue weighted by Gasteiger charge is -2.33. The average molecular weight is 484 g/mol. The van der Waals surface area contributed by atoms with Crippen molar-refractivity contribution in [2.45, 2.75) is 30.2 Å². The van der Waals surface area contributed by atoms with Crippen LogP contribution in [0.5, 0.6) is 0 Å². The van der Waals surface area contributed by atoms with Gasteiger partial charge >= 0.3 is 0 Å². The Kier molecular flexibility index (Phi) is 7.15. The van der Waals surface area contributed by atoms with Crippen molar-refractivity contribution in [3.8, 4) is 0 Å². The molecule has 1 saturated heterocycles. The molecule has 1 atom stereocenters. The molecule has 0 spiro atoms. The summed E-state index contributed by atoms with van der Waals surface area (Å²) in [5.74, 6) is 0.500. The number of halogens is 1. The second-order valence-electron chi connectivity index (χ2n) is 7.27. The Labute approximate surface area is 180 Å². The number of benzene rings is 1. The maximum absolute atomic E-state index is 12.8. The van der Waals surface area contributed by atoms with Crippen LogP contribution in [0.1, 0.15) is 41.4 Å². The molecule has 1 N–H and O–H groups in total. The quantitative estimate of drug-likeness (QED) is 0.653. The molecular weight excluding hydrogens is 458 g/mol. The van der Waals surface area contributed by atoms with Crippen LogP contribution in [-0.4, -0.2) is 57.3 Å². The van der Waals surface area contributed by atoms with Gasteiger partial charge in [0.1, 0.15) is 5.76 Å². The van der Waals surface area contributed by atoms with Gasteiger partial charge in [-0.3, -0.25) is 9.69 Å². The molecule has 2 aromatic rings. The van der Waals surface area contributed by atoms with E-state index in [1.165, 1.54) is 26.6 Å². The summed E-state index contributed by atoms with van der Waals surface area (Å²) in [6.07, 6.45) is 5.12. The molecule has 1 amide bonds. The predicted octanol–water partition coefficient (Wildman–Crippen LogP) is 3.25. The third kappa shape index (κ3) is 5.09. The summed E-state index contributed by atoms with van der Waals surface area (Å²) >= 11 is 3.27. The smallest absolute Gasteiger partial charge is 0.251 e. The number of sulfonamides is 1. The Morgan fingerprint density at radius 1 is 1.24 bits per heavy atom. The number of nitrogens with one attached hydrogen (secondary N) is 1. The summed E-state index contributed by atoms with van der Waals surface area (Å²) in [5.41, 5.74) is 0.297. The highest BCUT2D eigenvalue weighted by Gasteiger charge is 2.26. The van der Waals surface area contributed by atoms with Crippen molar-refractivity contribution in [1.82, 2.24) is 14.5 Å². The minimum Gasteiger partial charge on any atom is -0.468 e. The Morgan fingerprint density at radius 3 is 2.59 bits per heavy atom. The van der Waals surface area contributed by atoms with Gasteiger partial charge in [0, 0.05) is 30.7 Å². The second kappa shape index (κ2) is 9.42. The number of likely N-dealkylation sites (tertiary alicyclic amines) is 1. The van der Waals surface area contributed by atoms with E-state index < -0.39 is 10.0 Å². The second-order valence-corrected chi connectivity index (χ2v) is 10.2. The van der Waals surface area contributed by atoms with Crippen LogP contribution >= 0.6 is 15.9 Å². The molecule has 158 valence electrons. The minimum absolute atomic E-state index is 0.0466. The molecule has 9 heteroatoms. The predicted molar refractivity (Wildman–Crippen MR) is 114 cm³/mol. The average Bonchev–Trinajstić information content (AvgIpc) is 3.23. The maximum atomic E-state index is 12.8. The number of carbonyl (C=O) groups is 1. The van der Waals surface area contributed by atoms with E-state index in [2.05, 4.69) is 26.1 Å². The highest BCUT2D eigenvalue weighted by atomic mass is 79.9. The van der Waals surface area contributed by atoms with Crippen molar-refractivity contribution in [3.05, 3.63) is 52.4 Å². The van der Waals surface area contributed by atoms with Crippen molar-refractivity contribution in [2.75, 3.05) is 33.7 Å². The number of carbonyl (C=O) groups excluding carboxylic acids is 1. The molecule has 0 radical (unpaired) electrons. The summed E-state index contributed by atoms with van der Waals surface area (Å²) in [6, 6.07) is 8.32. The lowest BCUT2D eigenvalue weighted by atomic mass is 10.1. The van der Waals surface area contributed by atoms with Gasteiger partial charge in [-0.2, -0.15) is 0 Å². The topological polar surface area (TPSA) is 82.9 Å². The number of nitrogens with zero attached hydrogens (tertiary/aromatic N) is 2. The number of piperidine rings is 1. The number of furan rings is 1. The monoisotopic (exact) mass is 483 g/mol. The zero-order chi connectivity index (χ0) is 21.0.